The second-order valence-electron chi connectivity index (χ2n) is 5.29. The fourth-order valence-electron chi connectivity index (χ4n) is 2.62. The first kappa shape index (κ1) is 13.9. The molecule has 0 radical (unpaired) electrons. The van der Waals surface area contributed by atoms with Gasteiger partial charge < -0.3 is 4.57 Å². The standard InChI is InChI=1S/C18H16ClNO/c1-12-9-15-8-7-14(13(2)21)10-18(15)20(12)11-16-5-3-4-6-17(16)19/h3-10H,11H2,1-2H3. The maximum atomic E-state index is 11.6. The van der Waals surface area contributed by atoms with Crippen molar-refractivity contribution in [2.24, 2.45) is 0 Å². The van der Waals surface area contributed by atoms with Gasteiger partial charge in [0.05, 0.1) is 0 Å². The molecule has 0 aliphatic heterocycles. The molecular formula is C18H16ClNO. The molecule has 106 valence electrons. The Morgan fingerprint density at radius 2 is 1.90 bits per heavy atom. The Morgan fingerprint density at radius 1 is 1.14 bits per heavy atom. The molecule has 0 saturated heterocycles. The lowest BCUT2D eigenvalue weighted by molar-refractivity contribution is 0.101. The predicted octanol–water partition coefficient (Wildman–Crippen LogP) is 4.85. The van der Waals surface area contributed by atoms with Crippen molar-refractivity contribution in [2.75, 3.05) is 0 Å². The zero-order chi connectivity index (χ0) is 15.0. The van der Waals surface area contributed by atoms with Crippen molar-refractivity contribution in [2.45, 2.75) is 20.4 Å². The minimum atomic E-state index is 0.0834. The van der Waals surface area contributed by atoms with Crippen LogP contribution in [0.15, 0.2) is 48.5 Å². The molecule has 2 nitrogen and oxygen atoms in total. The topological polar surface area (TPSA) is 22.0 Å². The summed E-state index contributed by atoms with van der Waals surface area (Å²) in [6.45, 7) is 4.37. The van der Waals surface area contributed by atoms with Crippen molar-refractivity contribution in [1.29, 1.82) is 0 Å². The molecule has 0 unspecified atom stereocenters. The first-order chi connectivity index (χ1) is 10.1. The SMILES string of the molecule is CC(=O)c1ccc2cc(C)n(Cc3ccccc3Cl)c2c1. The summed E-state index contributed by atoms with van der Waals surface area (Å²) in [4.78, 5) is 11.6. The number of aryl methyl sites for hydroxylation is 1. The molecule has 1 aromatic heterocycles. The van der Waals surface area contributed by atoms with E-state index in [0.717, 1.165) is 32.7 Å². The molecule has 0 spiro atoms. The number of nitrogens with zero attached hydrogens (tertiary/aromatic N) is 1. The minimum absolute atomic E-state index is 0.0834. The van der Waals surface area contributed by atoms with Gasteiger partial charge in [0.1, 0.15) is 0 Å². The van der Waals surface area contributed by atoms with Crippen LogP contribution in [0.5, 0.6) is 0 Å². The van der Waals surface area contributed by atoms with Gasteiger partial charge in [-0.05, 0) is 43.0 Å². The molecule has 0 amide bonds. The Morgan fingerprint density at radius 3 is 2.62 bits per heavy atom. The number of fused-ring (bicyclic) bond motifs is 1. The Kier molecular flexibility index (Phi) is 3.56. The van der Waals surface area contributed by atoms with Crippen molar-refractivity contribution >= 4 is 28.3 Å². The van der Waals surface area contributed by atoms with Crippen LogP contribution in [0.1, 0.15) is 28.5 Å². The molecule has 2 aromatic carbocycles. The normalized spacial score (nSPS) is 11.0. The molecule has 0 saturated carbocycles. The van der Waals surface area contributed by atoms with Crippen LogP contribution in [-0.2, 0) is 6.54 Å². The highest BCUT2D eigenvalue weighted by Crippen LogP contribution is 2.24. The summed E-state index contributed by atoms with van der Waals surface area (Å²) in [5.74, 6) is 0.0834. The Labute approximate surface area is 129 Å². The maximum Gasteiger partial charge on any atom is 0.159 e. The van der Waals surface area contributed by atoms with E-state index >= 15 is 0 Å². The molecule has 21 heavy (non-hydrogen) atoms. The lowest BCUT2D eigenvalue weighted by Gasteiger charge is -2.10. The van der Waals surface area contributed by atoms with Crippen LogP contribution >= 0.6 is 11.6 Å². The smallest absolute Gasteiger partial charge is 0.159 e. The van der Waals surface area contributed by atoms with E-state index < -0.39 is 0 Å². The molecule has 1 heterocycles. The van der Waals surface area contributed by atoms with Crippen molar-refractivity contribution in [3.05, 3.63) is 70.4 Å². The van der Waals surface area contributed by atoms with Crippen LogP contribution < -0.4 is 0 Å². The van der Waals surface area contributed by atoms with Gasteiger partial charge in [0.25, 0.3) is 0 Å². The van der Waals surface area contributed by atoms with Gasteiger partial charge in [-0.3, -0.25) is 4.79 Å². The number of Topliss-reactive ketones (excluding diaryl/α,β-unsaturated/α-hetero) is 1. The van der Waals surface area contributed by atoms with Crippen LogP contribution in [0.2, 0.25) is 5.02 Å². The summed E-state index contributed by atoms with van der Waals surface area (Å²) in [7, 11) is 0. The van der Waals surface area contributed by atoms with Crippen molar-refractivity contribution in [3.8, 4) is 0 Å². The molecule has 0 aliphatic carbocycles. The first-order valence-corrected chi connectivity index (χ1v) is 7.28. The third kappa shape index (κ3) is 2.59. The van der Waals surface area contributed by atoms with E-state index in [-0.39, 0.29) is 5.78 Å². The van der Waals surface area contributed by atoms with Crippen LogP contribution in [0.25, 0.3) is 10.9 Å². The minimum Gasteiger partial charge on any atom is -0.340 e. The van der Waals surface area contributed by atoms with Gasteiger partial charge in [0.15, 0.2) is 5.78 Å². The average molecular weight is 298 g/mol. The predicted molar refractivity (Wildman–Crippen MR) is 87.2 cm³/mol. The molecule has 3 rings (SSSR count). The molecule has 0 bridgehead atoms. The molecular weight excluding hydrogens is 282 g/mol. The van der Waals surface area contributed by atoms with Crippen molar-refractivity contribution < 1.29 is 4.79 Å². The summed E-state index contributed by atoms with van der Waals surface area (Å²) < 4.78 is 2.20. The lowest BCUT2D eigenvalue weighted by atomic mass is 10.1. The molecule has 3 aromatic rings. The van der Waals surface area contributed by atoms with Gasteiger partial charge in [0, 0.05) is 28.3 Å². The summed E-state index contributed by atoms with van der Waals surface area (Å²) in [6.07, 6.45) is 0. The monoisotopic (exact) mass is 297 g/mol. The summed E-state index contributed by atoms with van der Waals surface area (Å²) in [5, 5.41) is 1.91. The van der Waals surface area contributed by atoms with Crippen molar-refractivity contribution in [3.63, 3.8) is 0 Å². The highest BCUT2D eigenvalue weighted by atomic mass is 35.5. The number of carbonyl (C=O) groups is 1. The van der Waals surface area contributed by atoms with E-state index in [4.69, 9.17) is 11.6 Å². The van der Waals surface area contributed by atoms with Gasteiger partial charge in [-0.2, -0.15) is 0 Å². The van der Waals surface area contributed by atoms with Crippen LogP contribution in [0.3, 0.4) is 0 Å². The Balaban J connectivity index is 2.13. The van der Waals surface area contributed by atoms with Crippen LogP contribution in [0.4, 0.5) is 0 Å². The molecule has 0 N–H and O–H groups in total. The quantitative estimate of drug-likeness (QED) is 0.633. The van der Waals surface area contributed by atoms with E-state index in [2.05, 4.69) is 17.6 Å². The third-order valence-electron chi connectivity index (χ3n) is 3.80. The summed E-state index contributed by atoms with van der Waals surface area (Å²) in [6, 6.07) is 15.8. The Hall–Kier alpha value is -2.06. The van der Waals surface area contributed by atoms with Crippen LogP contribution in [-0.4, -0.2) is 10.4 Å². The Bertz CT molecular complexity index is 832. The van der Waals surface area contributed by atoms with Crippen LogP contribution in [0, 0.1) is 6.92 Å². The van der Waals surface area contributed by atoms with E-state index in [1.807, 2.05) is 42.5 Å². The first-order valence-electron chi connectivity index (χ1n) is 6.90. The number of aromatic nitrogens is 1. The number of carbonyl (C=O) groups excluding carboxylic acids is 1. The summed E-state index contributed by atoms with van der Waals surface area (Å²) >= 11 is 6.26. The summed E-state index contributed by atoms with van der Waals surface area (Å²) in [5.41, 5.74) is 4.04. The van der Waals surface area contributed by atoms with Crippen molar-refractivity contribution in [1.82, 2.24) is 4.57 Å². The van der Waals surface area contributed by atoms with Gasteiger partial charge in [-0.25, -0.2) is 0 Å². The number of hydrogen-bond acceptors (Lipinski definition) is 1. The number of ketones is 1. The molecule has 0 aliphatic rings. The lowest BCUT2D eigenvalue weighted by Crippen LogP contribution is -2.02. The number of rotatable bonds is 3. The van der Waals surface area contributed by atoms with Gasteiger partial charge in [0.2, 0.25) is 0 Å². The van der Waals surface area contributed by atoms with E-state index in [9.17, 15) is 4.79 Å². The fraction of sp³-hybridized carbons (Fsp3) is 0.167. The second kappa shape index (κ2) is 5.38. The molecule has 0 atom stereocenters. The molecule has 0 fully saturated rings. The highest BCUT2D eigenvalue weighted by molar-refractivity contribution is 6.31. The maximum absolute atomic E-state index is 11.6. The zero-order valence-electron chi connectivity index (χ0n) is 12.1. The van der Waals surface area contributed by atoms with E-state index in [1.165, 1.54) is 0 Å². The largest absolute Gasteiger partial charge is 0.340 e. The average Bonchev–Trinajstić information content (AvgIpc) is 2.76. The van der Waals surface area contributed by atoms with E-state index in [1.54, 1.807) is 6.92 Å². The number of benzene rings is 2. The van der Waals surface area contributed by atoms with Gasteiger partial charge in [-0.1, -0.05) is 41.9 Å². The van der Waals surface area contributed by atoms with Gasteiger partial charge in [-0.15, -0.1) is 0 Å². The highest BCUT2D eigenvalue weighted by Gasteiger charge is 2.10. The second-order valence-corrected chi connectivity index (χ2v) is 5.70. The third-order valence-corrected chi connectivity index (χ3v) is 4.17. The number of halogens is 1. The molecule has 3 heteroatoms. The van der Waals surface area contributed by atoms with Gasteiger partial charge >= 0.3 is 0 Å². The van der Waals surface area contributed by atoms with E-state index in [0.29, 0.717) is 6.54 Å². The number of hydrogen-bond donors (Lipinski definition) is 0. The zero-order valence-corrected chi connectivity index (χ0v) is 12.8. The fourth-order valence-corrected chi connectivity index (χ4v) is 2.81.